The number of piperazine rings is 1. The molecule has 1 N–H and O–H groups in total. The quantitative estimate of drug-likeness (QED) is 0.813. The smallest absolute Gasteiger partial charge is 0.214 e. The molecule has 0 atom stereocenters. The van der Waals surface area contributed by atoms with Crippen LogP contribution in [0.4, 0.5) is 0 Å². The highest BCUT2D eigenvalue weighted by molar-refractivity contribution is 7.89. The van der Waals surface area contributed by atoms with Gasteiger partial charge in [0.15, 0.2) is 0 Å². The lowest BCUT2D eigenvalue weighted by atomic mass is 10.2. The van der Waals surface area contributed by atoms with Gasteiger partial charge in [-0.15, -0.1) is 0 Å². The van der Waals surface area contributed by atoms with Gasteiger partial charge in [0.1, 0.15) is 0 Å². The molecular formula is C11H17N3O2S. The van der Waals surface area contributed by atoms with Crippen LogP contribution >= 0.6 is 0 Å². The van der Waals surface area contributed by atoms with Crippen LogP contribution in [0.2, 0.25) is 0 Å². The minimum Gasteiger partial charge on any atom is -0.314 e. The van der Waals surface area contributed by atoms with Crippen LogP contribution in [0.25, 0.3) is 0 Å². The standard InChI is InChI=1S/C11H17N3O2S/c15-17(16,14-8-6-13-7-9-14)10-3-11-1-4-12-5-2-11/h1-2,4-5,13H,3,6-10H2. The van der Waals surface area contributed by atoms with Gasteiger partial charge in [-0.1, -0.05) is 0 Å². The molecule has 0 spiro atoms. The van der Waals surface area contributed by atoms with Gasteiger partial charge in [0.2, 0.25) is 10.0 Å². The Bertz CT molecular complexity index is 441. The van der Waals surface area contributed by atoms with Gasteiger partial charge in [-0.2, -0.15) is 4.31 Å². The number of hydrogen-bond acceptors (Lipinski definition) is 4. The Labute approximate surface area is 102 Å². The first-order chi connectivity index (χ1) is 8.18. The predicted molar refractivity (Wildman–Crippen MR) is 66.2 cm³/mol. The van der Waals surface area contributed by atoms with E-state index in [0.29, 0.717) is 19.5 Å². The number of aromatic nitrogens is 1. The van der Waals surface area contributed by atoms with Crippen molar-refractivity contribution in [2.45, 2.75) is 6.42 Å². The van der Waals surface area contributed by atoms with E-state index >= 15 is 0 Å². The van der Waals surface area contributed by atoms with Crippen LogP contribution in [0.1, 0.15) is 5.56 Å². The summed E-state index contributed by atoms with van der Waals surface area (Å²) in [4.78, 5) is 3.91. The molecule has 0 saturated carbocycles. The molecule has 2 heterocycles. The Hall–Kier alpha value is -0.980. The molecule has 1 aromatic rings. The molecule has 17 heavy (non-hydrogen) atoms. The fraction of sp³-hybridized carbons (Fsp3) is 0.545. The lowest BCUT2D eigenvalue weighted by molar-refractivity contribution is 0.360. The molecule has 5 nitrogen and oxygen atoms in total. The number of sulfonamides is 1. The van der Waals surface area contributed by atoms with Crippen molar-refractivity contribution >= 4 is 10.0 Å². The molecule has 0 aromatic carbocycles. The van der Waals surface area contributed by atoms with Gasteiger partial charge < -0.3 is 5.32 Å². The van der Waals surface area contributed by atoms with Gasteiger partial charge in [-0.3, -0.25) is 4.98 Å². The second-order valence-electron chi connectivity index (χ2n) is 4.07. The predicted octanol–water partition coefficient (Wildman–Crippen LogP) is -0.141. The third-order valence-corrected chi connectivity index (χ3v) is 4.74. The van der Waals surface area contributed by atoms with Crippen molar-refractivity contribution in [2.24, 2.45) is 0 Å². The van der Waals surface area contributed by atoms with E-state index in [1.807, 2.05) is 12.1 Å². The zero-order chi connectivity index (χ0) is 12.1. The molecule has 1 aliphatic heterocycles. The van der Waals surface area contributed by atoms with E-state index in [4.69, 9.17) is 0 Å². The van der Waals surface area contributed by atoms with Gasteiger partial charge >= 0.3 is 0 Å². The lowest BCUT2D eigenvalue weighted by Gasteiger charge is -2.26. The van der Waals surface area contributed by atoms with Crippen LogP contribution in [0, 0.1) is 0 Å². The van der Waals surface area contributed by atoms with Crippen molar-refractivity contribution in [1.29, 1.82) is 0 Å². The summed E-state index contributed by atoms with van der Waals surface area (Å²) in [6, 6.07) is 3.71. The van der Waals surface area contributed by atoms with Crippen LogP contribution < -0.4 is 5.32 Å². The summed E-state index contributed by atoms with van der Waals surface area (Å²) in [6.07, 6.45) is 3.92. The average molecular weight is 255 g/mol. The van der Waals surface area contributed by atoms with E-state index < -0.39 is 10.0 Å². The summed E-state index contributed by atoms with van der Waals surface area (Å²) in [5, 5.41) is 3.15. The van der Waals surface area contributed by atoms with E-state index in [1.165, 1.54) is 0 Å². The van der Waals surface area contributed by atoms with Crippen molar-refractivity contribution in [1.82, 2.24) is 14.6 Å². The van der Waals surface area contributed by atoms with Gasteiger partial charge in [-0.05, 0) is 24.1 Å². The number of pyridine rings is 1. The van der Waals surface area contributed by atoms with Gasteiger partial charge in [0.05, 0.1) is 5.75 Å². The molecular weight excluding hydrogens is 238 g/mol. The van der Waals surface area contributed by atoms with E-state index in [9.17, 15) is 8.42 Å². The van der Waals surface area contributed by atoms with Crippen LogP contribution in [0.5, 0.6) is 0 Å². The van der Waals surface area contributed by atoms with Crippen molar-refractivity contribution in [2.75, 3.05) is 31.9 Å². The molecule has 1 fully saturated rings. The maximum absolute atomic E-state index is 12.0. The number of aryl methyl sites for hydroxylation is 1. The summed E-state index contributed by atoms with van der Waals surface area (Å²) in [7, 11) is -3.11. The Morgan fingerprint density at radius 3 is 2.53 bits per heavy atom. The largest absolute Gasteiger partial charge is 0.314 e. The van der Waals surface area contributed by atoms with Crippen LogP contribution in [0.15, 0.2) is 24.5 Å². The zero-order valence-electron chi connectivity index (χ0n) is 9.67. The van der Waals surface area contributed by atoms with Crippen molar-refractivity contribution in [3.8, 4) is 0 Å². The maximum atomic E-state index is 12.0. The van der Waals surface area contributed by atoms with Gasteiger partial charge in [0.25, 0.3) is 0 Å². The molecule has 0 bridgehead atoms. The molecule has 0 aliphatic carbocycles. The first kappa shape index (κ1) is 12.5. The first-order valence-corrected chi connectivity index (χ1v) is 7.37. The highest BCUT2D eigenvalue weighted by atomic mass is 32.2. The lowest BCUT2D eigenvalue weighted by Crippen LogP contribution is -2.47. The number of nitrogens with zero attached hydrogens (tertiary/aromatic N) is 2. The summed E-state index contributed by atoms with van der Waals surface area (Å²) in [5.41, 5.74) is 1.01. The van der Waals surface area contributed by atoms with E-state index in [0.717, 1.165) is 18.7 Å². The fourth-order valence-corrected chi connectivity index (χ4v) is 3.34. The first-order valence-electron chi connectivity index (χ1n) is 5.76. The zero-order valence-corrected chi connectivity index (χ0v) is 10.5. The minimum atomic E-state index is -3.11. The third kappa shape index (κ3) is 3.49. The summed E-state index contributed by atoms with van der Waals surface area (Å²) in [6.45, 7) is 2.65. The summed E-state index contributed by atoms with van der Waals surface area (Å²) < 4.78 is 25.7. The second-order valence-corrected chi connectivity index (χ2v) is 6.16. The van der Waals surface area contributed by atoms with Crippen LogP contribution in [-0.2, 0) is 16.4 Å². The Morgan fingerprint density at radius 1 is 1.24 bits per heavy atom. The van der Waals surface area contributed by atoms with Crippen molar-refractivity contribution in [3.05, 3.63) is 30.1 Å². The Morgan fingerprint density at radius 2 is 1.88 bits per heavy atom. The van der Waals surface area contributed by atoms with Crippen molar-refractivity contribution in [3.63, 3.8) is 0 Å². The maximum Gasteiger partial charge on any atom is 0.214 e. The van der Waals surface area contributed by atoms with Crippen LogP contribution in [-0.4, -0.2) is 49.6 Å². The third-order valence-electron chi connectivity index (χ3n) is 2.87. The topological polar surface area (TPSA) is 62.3 Å². The fourth-order valence-electron chi connectivity index (χ4n) is 1.85. The summed E-state index contributed by atoms with van der Waals surface area (Å²) >= 11 is 0. The molecule has 6 heteroatoms. The molecule has 1 aromatic heterocycles. The minimum absolute atomic E-state index is 0.178. The molecule has 0 unspecified atom stereocenters. The molecule has 1 aliphatic rings. The Kier molecular flexibility index (Phi) is 4.09. The summed E-state index contributed by atoms with van der Waals surface area (Å²) in [5.74, 6) is 0.178. The van der Waals surface area contributed by atoms with Crippen molar-refractivity contribution < 1.29 is 8.42 Å². The normalized spacial score (nSPS) is 18.1. The number of nitrogens with one attached hydrogen (secondary N) is 1. The average Bonchev–Trinajstić information content (AvgIpc) is 2.39. The number of hydrogen-bond donors (Lipinski definition) is 1. The molecule has 94 valence electrons. The molecule has 1 saturated heterocycles. The number of rotatable bonds is 4. The molecule has 2 rings (SSSR count). The Balaban J connectivity index is 1.93. The molecule has 0 radical (unpaired) electrons. The highest BCUT2D eigenvalue weighted by Gasteiger charge is 2.23. The highest BCUT2D eigenvalue weighted by Crippen LogP contribution is 2.07. The van der Waals surface area contributed by atoms with E-state index in [-0.39, 0.29) is 5.75 Å². The van der Waals surface area contributed by atoms with E-state index in [1.54, 1.807) is 16.7 Å². The second kappa shape index (κ2) is 5.57. The monoisotopic (exact) mass is 255 g/mol. The SMILES string of the molecule is O=S(=O)(CCc1ccncc1)N1CCNCC1. The van der Waals surface area contributed by atoms with Gasteiger partial charge in [0, 0.05) is 38.6 Å². The molecule has 0 amide bonds. The van der Waals surface area contributed by atoms with E-state index in [2.05, 4.69) is 10.3 Å². The van der Waals surface area contributed by atoms with Gasteiger partial charge in [-0.25, -0.2) is 8.42 Å². The van der Waals surface area contributed by atoms with Crippen LogP contribution in [0.3, 0.4) is 0 Å².